The quantitative estimate of drug-likeness (QED) is 0.814. The summed E-state index contributed by atoms with van der Waals surface area (Å²) < 4.78 is 29.5. The molecule has 0 aliphatic rings. The van der Waals surface area contributed by atoms with Gasteiger partial charge in [0.25, 0.3) is 6.43 Å². The molecule has 0 radical (unpaired) electrons. The highest BCUT2D eigenvalue weighted by Gasteiger charge is 2.17. The lowest BCUT2D eigenvalue weighted by Crippen LogP contribution is -2.28. The third kappa shape index (κ3) is 3.96. The summed E-state index contributed by atoms with van der Waals surface area (Å²) in [7, 11) is 0. The van der Waals surface area contributed by atoms with E-state index in [-0.39, 0.29) is 6.54 Å². The van der Waals surface area contributed by atoms with Crippen molar-refractivity contribution in [3.63, 3.8) is 0 Å². The highest BCUT2D eigenvalue weighted by atomic mass is 32.1. The lowest BCUT2D eigenvalue weighted by Gasteiger charge is -2.20. The maximum absolute atomic E-state index is 12.7. The summed E-state index contributed by atoms with van der Waals surface area (Å²) in [6.07, 6.45) is -1.68. The summed E-state index contributed by atoms with van der Waals surface area (Å²) in [4.78, 5) is 5.86. The first-order chi connectivity index (χ1) is 9.19. The van der Waals surface area contributed by atoms with Gasteiger partial charge >= 0.3 is 0 Å². The van der Waals surface area contributed by atoms with Crippen LogP contribution in [0.4, 0.5) is 13.9 Å². The van der Waals surface area contributed by atoms with Gasteiger partial charge in [-0.15, -0.1) is 0 Å². The summed E-state index contributed by atoms with van der Waals surface area (Å²) in [5.74, 6) is 0.701. The molecule has 0 unspecified atom stereocenters. The van der Waals surface area contributed by atoms with Crippen molar-refractivity contribution >= 4 is 16.7 Å². The smallest absolute Gasteiger partial charge is 0.255 e. The molecular formula is C13H15F2N3S. The fraction of sp³-hybridized carbons (Fsp3) is 0.385. The van der Waals surface area contributed by atoms with E-state index in [1.54, 1.807) is 4.90 Å². The lowest BCUT2D eigenvalue weighted by atomic mass is 10.2. The molecule has 2 rings (SSSR count). The van der Waals surface area contributed by atoms with Crippen LogP contribution in [-0.2, 0) is 13.0 Å². The minimum Gasteiger partial charge on any atom is -0.337 e. The fourth-order valence-corrected chi connectivity index (χ4v) is 2.46. The van der Waals surface area contributed by atoms with Gasteiger partial charge < -0.3 is 4.90 Å². The van der Waals surface area contributed by atoms with Crippen LogP contribution in [0, 0.1) is 0 Å². The van der Waals surface area contributed by atoms with Crippen LogP contribution in [0.15, 0.2) is 30.3 Å². The molecule has 0 aliphatic heterocycles. The standard InChI is InChI=1S/C13H15F2N3S/c1-2-12-16-13(19-17-12)18(9-11(14)15)8-10-6-4-3-5-7-10/h3-7,11H,2,8-9H2,1H3. The van der Waals surface area contributed by atoms with Crippen LogP contribution < -0.4 is 4.90 Å². The van der Waals surface area contributed by atoms with Crippen LogP contribution in [0.2, 0.25) is 0 Å². The number of hydrogen-bond acceptors (Lipinski definition) is 4. The van der Waals surface area contributed by atoms with Gasteiger partial charge in [0.2, 0.25) is 5.13 Å². The predicted molar refractivity (Wildman–Crippen MR) is 72.8 cm³/mol. The number of hydrogen-bond donors (Lipinski definition) is 0. The van der Waals surface area contributed by atoms with Crippen LogP contribution in [0.3, 0.4) is 0 Å². The Kier molecular flexibility index (Phi) is 4.79. The number of anilines is 1. The molecule has 6 heteroatoms. The second-order valence-electron chi connectivity index (χ2n) is 4.10. The van der Waals surface area contributed by atoms with Crippen molar-refractivity contribution in [1.29, 1.82) is 0 Å². The van der Waals surface area contributed by atoms with Crippen molar-refractivity contribution < 1.29 is 8.78 Å². The Balaban J connectivity index is 2.15. The number of nitrogens with zero attached hydrogens (tertiary/aromatic N) is 3. The Labute approximate surface area is 115 Å². The second-order valence-corrected chi connectivity index (χ2v) is 4.83. The van der Waals surface area contributed by atoms with E-state index in [9.17, 15) is 8.78 Å². The first-order valence-corrected chi connectivity index (χ1v) is 6.86. The molecule has 1 heterocycles. The minimum absolute atomic E-state index is 0.326. The molecule has 0 spiro atoms. The van der Waals surface area contributed by atoms with E-state index >= 15 is 0 Å². The molecule has 1 aromatic heterocycles. The molecule has 0 aliphatic carbocycles. The molecule has 2 aromatic rings. The maximum atomic E-state index is 12.7. The van der Waals surface area contributed by atoms with Gasteiger partial charge in [-0.1, -0.05) is 37.3 Å². The Morgan fingerprint density at radius 2 is 2.00 bits per heavy atom. The SMILES string of the molecule is CCc1nsc(N(Cc2ccccc2)CC(F)F)n1. The van der Waals surface area contributed by atoms with E-state index in [0.717, 1.165) is 5.56 Å². The molecule has 1 aromatic carbocycles. The zero-order chi connectivity index (χ0) is 13.7. The van der Waals surface area contributed by atoms with Crippen LogP contribution >= 0.6 is 11.5 Å². The lowest BCUT2D eigenvalue weighted by molar-refractivity contribution is 0.154. The van der Waals surface area contributed by atoms with Crippen molar-refractivity contribution in [2.24, 2.45) is 0 Å². The van der Waals surface area contributed by atoms with E-state index < -0.39 is 6.43 Å². The normalized spacial score (nSPS) is 10.9. The zero-order valence-corrected chi connectivity index (χ0v) is 11.4. The van der Waals surface area contributed by atoms with Gasteiger partial charge in [-0.25, -0.2) is 13.8 Å². The third-order valence-electron chi connectivity index (χ3n) is 2.62. The van der Waals surface area contributed by atoms with E-state index in [4.69, 9.17) is 0 Å². The first-order valence-electron chi connectivity index (χ1n) is 6.08. The second kappa shape index (κ2) is 6.56. The number of aryl methyl sites for hydroxylation is 1. The molecule has 3 nitrogen and oxygen atoms in total. The molecule has 0 N–H and O–H groups in total. The molecule has 0 amide bonds. The topological polar surface area (TPSA) is 29.0 Å². The number of halogens is 2. The largest absolute Gasteiger partial charge is 0.337 e. The predicted octanol–water partition coefficient (Wildman–Crippen LogP) is 3.37. The van der Waals surface area contributed by atoms with Crippen molar-refractivity contribution in [1.82, 2.24) is 9.36 Å². The summed E-state index contributed by atoms with van der Waals surface area (Å²) in [6, 6.07) is 9.53. The van der Waals surface area contributed by atoms with Crippen molar-refractivity contribution in [2.75, 3.05) is 11.4 Å². The third-order valence-corrected chi connectivity index (χ3v) is 3.43. The van der Waals surface area contributed by atoms with Gasteiger partial charge in [0.15, 0.2) is 0 Å². The van der Waals surface area contributed by atoms with Crippen molar-refractivity contribution in [3.8, 4) is 0 Å². The number of aromatic nitrogens is 2. The minimum atomic E-state index is -2.39. The van der Waals surface area contributed by atoms with E-state index in [1.807, 2.05) is 37.3 Å². The summed E-state index contributed by atoms with van der Waals surface area (Å²) in [5, 5.41) is 0.556. The number of rotatable bonds is 6. The zero-order valence-electron chi connectivity index (χ0n) is 10.6. The van der Waals surface area contributed by atoms with Gasteiger partial charge in [-0.2, -0.15) is 4.37 Å². The molecule has 19 heavy (non-hydrogen) atoms. The molecule has 0 atom stereocenters. The Bertz CT molecular complexity index is 502. The molecule has 0 bridgehead atoms. The van der Waals surface area contributed by atoms with Gasteiger partial charge in [0, 0.05) is 24.5 Å². The van der Waals surface area contributed by atoms with Crippen LogP contribution in [0.5, 0.6) is 0 Å². The Morgan fingerprint density at radius 1 is 1.26 bits per heavy atom. The van der Waals surface area contributed by atoms with E-state index in [2.05, 4.69) is 9.36 Å². The Morgan fingerprint density at radius 3 is 2.58 bits per heavy atom. The van der Waals surface area contributed by atoms with Crippen LogP contribution in [0.25, 0.3) is 0 Å². The number of benzene rings is 1. The van der Waals surface area contributed by atoms with E-state index in [1.165, 1.54) is 11.5 Å². The fourth-order valence-electron chi connectivity index (χ4n) is 1.70. The van der Waals surface area contributed by atoms with Crippen LogP contribution in [0.1, 0.15) is 18.3 Å². The van der Waals surface area contributed by atoms with E-state index in [0.29, 0.717) is 23.9 Å². The average molecular weight is 283 g/mol. The van der Waals surface area contributed by atoms with Gasteiger partial charge in [0.1, 0.15) is 5.82 Å². The molecule has 0 saturated carbocycles. The highest BCUT2D eigenvalue weighted by Crippen LogP contribution is 2.21. The summed E-state index contributed by atoms with van der Waals surface area (Å²) >= 11 is 1.17. The molecule has 102 valence electrons. The highest BCUT2D eigenvalue weighted by molar-refractivity contribution is 7.09. The molecular weight excluding hydrogens is 268 g/mol. The van der Waals surface area contributed by atoms with Gasteiger partial charge in [-0.05, 0) is 5.56 Å². The number of alkyl halides is 2. The summed E-state index contributed by atoms with van der Waals surface area (Å²) in [6.45, 7) is 2.04. The Hall–Kier alpha value is -1.56. The van der Waals surface area contributed by atoms with Crippen molar-refractivity contribution in [2.45, 2.75) is 26.3 Å². The monoisotopic (exact) mass is 283 g/mol. The first kappa shape index (κ1) is 13.9. The van der Waals surface area contributed by atoms with Crippen molar-refractivity contribution in [3.05, 3.63) is 41.7 Å². The van der Waals surface area contributed by atoms with Crippen LogP contribution in [-0.4, -0.2) is 22.3 Å². The maximum Gasteiger partial charge on any atom is 0.255 e. The molecule has 0 saturated heterocycles. The molecule has 0 fully saturated rings. The van der Waals surface area contributed by atoms with Gasteiger partial charge in [-0.3, -0.25) is 0 Å². The van der Waals surface area contributed by atoms with Gasteiger partial charge in [0.05, 0.1) is 6.54 Å². The average Bonchev–Trinajstić information content (AvgIpc) is 2.87. The summed E-state index contributed by atoms with van der Waals surface area (Å²) in [5.41, 5.74) is 0.983.